The van der Waals surface area contributed by atoms with Gasteiger partial charge in [-0.3, -0.25) is 4.99 Å². The van der Waals surface area contributed by atoms with Gasteiger partial charge in [0.05, 0.1) is 5.75 Å². The summed E-state index contributed by atoms with van der Waals surface area (Å²) in [7, 11) is -1.48. The number of anilines is 1. The average molecular weight is 480 g/mol. The fourth-order valence-corrected chi connectivity index (χ4v) is 3.64. The molecule has 0 saturated carbocycles. The average Bonchev–Trinajstić information content (AvgIpc) is 3.01. The zero-order valence-corrected chi connectivity index (χ0v) is 18.4. The van der Waals surface area contributed by atoms with Crippen molar-refractivity contribution in [2.45, 2.75) is 26.7 Å². The second kappa shape index (κ2) is 10.3. The molecule has 1 aliphatic rings. The Kier molecular flexibility index (Phi) is 9.15. The van der Waals surface area contributed by atoms with Gasteiger partial charge in [-0.1, -0.05) is 18.2 Å². The third-order valence-corrected chi connectivity index (χ3v) is 6.07. The van der Waals surface area contributed by atoms with Crippen LogP contribution in [0, 0.1) is 0 Å². The fraction of sp³-hybridized carbons (Fsp3) is 0.588. The maximum absolute atomic E-state index is 11.7. The van der Waals surface area contributed by atoms with Crippen molar-refractivity contribution in [1.82, 2.24) is 9.62 Å². The van der Waals surface area contributed by atoms with E-state index < -0.39 is 10.0 Å². The van der Waals surface area contributed by atoms with Crippen molar-refractivity contribution in [3.8, 4) is 0 Å². The topological polar surface area (TPSA) is 65.0 Å². The van der Waals surface area contributed by atoms with Crippen LogP contribution >= 0.6 is 24.0 Å². The molecule has 0 aliphatic carbocycles. The third kappa shape index (κ3) is 5.82. The molecule has 1 aromatic carbocycles. The Bertz CT molecular complexity index is 679. The quantitative estimate of drug-likeness (QED) is 0.282. The second-order valence-electron chi connectivity index (χ2n) is 5.84. The van der Waals surface area contributed by atoms with Crippen LogP contribution in [0.1, 0.15) is 25.8 Å². The first-order chi connectivity index (χ1) is 11.5. The molecule has 0 atom stereocenters. The summed E-state index contributed by atoms with van der Waals surface area (Å²) in [6.07, 6.45) is 1.73. The zero-order chi connectivity index (χ0) is 17.6. The Hall–Kier alpha value is -0.870. The van der Waals surface area contributed by atoms with E-state index in [0.717, 1.165) is 25.5 Å². The third-order valence-electron chi connectivity index (χ3n) is 4.21. The predicted molar refractivity (Wildman–Crippen MR) is 116 cm³/mol. The van der Waals surface area contributed by atoms with Crippen LogP contribution in [-0.4, -0.2) is 57.7 Å². The van der Waals surface area contributed by atoms with Gasteiger partial charge in [0.1, 0.15) is 0 Å². The van der Waals surface area contributed by atoms with Crippen molar-refractivity contribution in [2.24, 2.45) is 4.99 Å². The first-order valence-electron chi connectivity index (χ1n) is 8.57. The standard InChI is InChI=1S/C17H28N4O2S.HI/c1-4-18-17(19-12-8-13-20(3)24(22,23)5-2)21-14-11-15-9-6-7-10-16(15)21;/h6-7,9-10H,4-5,8,11-14H2,1-3H3,(H,18,19);1H. The van der Waals surface area contributed by atoms with Crippen LogP contribution in [0.25, 0.3) is 0 Å². The van der Waals surface area contributed by atoms with Crippen LogP contribution in [-0.2, 0) is 16.4 Å². The lowest BCUT2D eigenvalue weighted by molar-refractivity contribution is 0.465. The van der Waals surface area contributed by atoms with Crippen molar-refractivity contribution in [2.75, 3.05) is 43.9 Å². The molecule has 0 saturated heterocycles. The van der Waals surface area contributed by atoms with Crippen molar-refractivity contribution in [1.29, 1.82) is 0 Å². The minimum Gasteiger partial charge on any atom is -0.356 e. The summed E-state index contributed by atoms with van der Waals surface area (Å²) in [5.74, 6) is 1.02. The molecular formula is C17H29IN4O2S. The molecule has 6 nitrogen and oxygen atoms in total. The molecule has 142 valence electrons. The summed E-state index contributed by atoms with van der Waals surface area (Å²) < 4.78 is 24.9. The normalized spacial score (nSPS) is 14.4. The van der Waals surface area contributed by atoms with E-state index in [4.69, 9.17) is 0 Å². The molecule has 0 fully saturated rings. The Balaban J connectivity index is 0.00000312. The lowest BCUT2D eigenvalue weighted by Gasteiger charge is -2.22. The summed E-state index contributed by atoms with van der Waals surface area (Å²) >= 11 is 0. The number of nitrogens with one attached hydrogen (secondary N) is 1. The van der Waals surface area contributed by atoms with Gasteiger partial charge in [-0.05, 0) is 38.3 Å². The number of hydrogen-bond acceptors (Lipinski definition) is 3. The minimum atomic E-state index is -3.11. The number of hydrogen-bond donors (Lipinski definition) is 1. The highest BCUT2D eigenvalue weighted by Crippen LogP contribution is 2.27. The number of benzene rings is 1. The Morgan fingerprint density at radius 3 is 2.72 bits per heavy atom. The van der Waals surface area contributed by atoms with Crippen molar-refractivity contribution in [3.05, 3.63) is 29.8 Å². The fourth-order valence-electron chi connectivity index (χ4n) is 2.79. The van der Waals surface area contributed by atoms with E-state index in [1.165, 1.54) is 15.6 Å². The van der Waals surface area contributed by atoms with E-state index in [2.05, 4.69) is 40.3 Å². The molecule has 0 radical (unpaired) electrons. The number of aliphatic imine (C=N–C) groups is 1. The van der Waals surface area contributed by atoms with E-state index in [9.17, 15) is 8.42 Å². The summed E-state index contributed by atoms with van der Waals surface area (Å²) in [5.41, 5.74) is 2.56. The monoisotopic (exact) mass is 480 g/mol. The molecule has 0 unspecified atom stereocenters. The molecule has 0 aromatic heterocycles. The zero-order valence-electron chi connectivity index (χ0n) is 15.2. The molecular weight excluding hydrogens is 451 g/mol. The van der Waals surface area contributed by atoms with Gasteiger partial charge in [0.25, 0.3) is 0 Å². The van der Waals surface area contributed by atoms with Crippen LogP contribution < -0.4 is 10.2 Å². The summed E-state index contributed by atoms with van der Waals surface area (Å²) in [5, 5.41) is 3.34. The van der Waals surface area contributed by atoms with Gasteiger partial charge >= 0.3 is 0 Å². The van der Waals surface area contributed by atoms with E-state index in [1.54, 1.807) is 14.0 Å². The van der Waals surface area contributed by atoms with Crippen LogP contribution in [0.5, 0.6) is 0 Å². The summed E-state index contributed by atoms with van der Waals surface area (Å²) in [6, 6.07) is 8.39. The number of para-hydroxylation sites is 1. The van der Waals surface area contributed by atoms with Gasteiger partial charge in [0.15, 0.2) is 5.96 Å². The highest BCUT2D eigenvalue weighted by atomic mass is 127. The van der Waals surface area contributed by atoms with Gasteiger partial charge in [0, 0.05) is 38.9 Å². The Morgan fingerprint density at radius 1 is 1.32 bits per heavy atom. The number of nitrogens with zero attached hydrogens (tertiary/aromatic N) is 3. The first kappa shape index (κ1) is 22.2. The maximum atomic E-state index is 11.7. The number of guanidine groups is 1. The Morgan fingerprint density at radius 2 is 2.04 bits per heavy atom. The van der Waals surface area contributed by atoms with Crippen LogP contribution in [0.15, 0.2) is 29.3 Å². The maximum Gasteiger partial charge on any atom is 0.213 e. The summed E-state index contributed by atoms with van der Waals surface area (Å²) in [6.45, 7) is 6.55. The highest BCUT2D eigenvalue weighted by Gasteiger charge is 2.22. The molecule has 25 heavy (non-hydrogen) atoms. The molecule has 0 bridgehead atoms. The molecule has 1 N–H and O–H groups in total. The number of sulfonamides is 1. The van der Waals surface area contributed by atoms with E-state index in [-0.39, 0.29) is 29.7 Å². The van der Waals surface area contributed by atoms with E-state index >= 15 is 0 Å². The van der Waals surface area contributed by atoms with Crippen LogP contribution in [0.3, 0.4) is 0 Å². The van der Waals surface area contributed by atoms with Gasteiger partial charge in [-0.15, -0.1) is 24.0 Å². The number of halogens is 1. The number of rotatable bonds is 7. The lowest BCUT2D eigenvalue weighted by atomic mass is 10.2. The molecule has 1 aromatic rings. The molecule has 0 amide bonds. The highest BCUT2D eigenvalue weighted by molar-refractivity contribution is 14.0. The largest absolute Gasteiger partial charge is 0.356 e. The molecule has 2 rings (SSSR count). The van der Waals surface area contributed by atoms with Gasteiger partial charge in [-0.25, -0.2) is 12.7 Å². The van der Waals surface area contributed by atoms with Gasteiger partial charge in [-0.2, -0.15) is 0 Å². The van der Waals surface area contributed by atoms with Crippen molar-refractivity contribution < 1.29 is 8.42 Å². The number of fused-ring (bicyclic) bond motifs is 1. The molecule has 0 spiro atoms. The van der Waals surface area contributed by atoms with Crippen LogP contribution in [0.2, 0.25) is 0 Å². The molecule has 1 aliphatic heterocycles. The molecule has 8 heteroatoms. The lowest BCUT2D eigenvalue weighted by Crippen LogP contribution is -2.40. The molecule has 1 heterocycles. The first-order valence-corrected chi connectivity index (χ1v) is 10.2. The summed E-state index contributed by atoms with van der Waals surface area (Å²) in [4.78, 5) is 6.90. The van der Waals surface area contributed by atoms with Crippen LogP contribution in [0.4, 0.5) is 5.69 Å². The predicted octanol–water partition coefficient (Wildman–Crippen LogP) is 2.30. The Labute approximate surface area is 168 Å². The van der Waals surface area contributed by atoms with Gasteiger partial charge < -0.3 is 10.2 Å². The SMILES string of the molecule is CCNC(=NCCCN(C)S(=O)(=O)CC)N1CCc2ccccc21.I. The van der Waals surface area contributed by atoms with Crippen molar-refractivity contribution in [3.63, 3.8) is 0 Å². The second-order valence-corrected chi connectivity index (χ2v) is 8.21. The minimum absolute atomic E-state index is 0. The van der Waals surface area contributed by atoms with E-state index in [0.29, 0.717) is 19.5 Å². The van der Waals surface area contributed by atoms with Crippen molar-refractivity contribution >= 4 is 45.6 Å². The van der Waals surface area contributed by atoms with E-state index in [1.807, 2.05) is 6.07 Å². The van der Waals surface area contributed by atoms with Gasteiger partial charge in [0.2, 0.25) is 10.0 Å². The smallest absolute Gasteiger partial charge is 0.213 e.